The van der Waals surface area contributed by atoms with Gasteiger partial charge in [-0.2, -0.15) is 0 Å². The van der Waals surface area contributed by atoms with E-state index in [2.05, 4.69) is 18.8 Å². The van der Waals surface area contributed by atoms with Gasteiger partial charge in [0.2, 0.25) is 0 Å². The standard InChI is InChI=1S/C8H19NOSi/c1-4-8(5-2)9-6-7-11-10-3/h4-7,11H2,1-3H3. The summed E-state index contributed by atoms with van der Waals surface area (Å²) in [7, 11) is 1.54. The SMILES string of the molecule is CCC(CC)=NCC[SiH2]OC. The van der Waals surface area contributed by atoms with Crippen LogP contribution in [0.2, 0.25) is 6.04 Å². The minimum atomic E-state index is -0.244. The Bertz CT molecular complexity index is 109. The summed E-state index contributed by atoms with van der Waals surface area (Å²) in [6.45, 7) is 5.31. The van der Waals surface area contributed by atoms with Gasteiger partial charge in [0, 0.05) is 19.4 Å². The van der Waals surface area contributed by atoms with Crippen LogP contribution in [0.5, 0.6) is 0 Å². The Morgan fingerprint density at radius 1 is 1.36 bits per heavy atom. The second-order valence-corrected chi connectivity index (χ2v) is 4.19. The van der Waals surface area contributed by atoms with E-state index < -0.39 is 0 Å². The molecule has 3 heteroatoms. The largest absolute Gasteiger partial charge is 0.427 e. The smallest absolute Gasteiger partial charge is 0.162 e. The van der Waals surface area contributed by atoms with E-state index in [4.69, 9.17) is 4.43 Å². The zero-order chi connectivity index (χ0) is 8.53. The van der Waals surface area contributed by atoms with Gasteiger partial charge >= 0.3 is 0 Å². The van der Waals surface area contributed by atoms with E-state index in [1.165, 1.54) is 11.8 Å². The molecule has 66 valence electrons. The molecule has 0 aromatic rings. The fourth-order valence-electron chi connectivity index (χ4n) is 0.920. The van der Waals surface area contributed by atoms with E-state index in [0.717, 1.165) is 19.4 Å². The summed E-state index contributed by atoms with van der Waals surface area (Å²) >= 11 is 0. The number of nitrogens with zero attached hydrogens (tertiary/aromatic N) is 1. The predicted molar refractivity (Wildman–Crippen MR) is 53.2 cm³/mol. The quantitative estimate of drug-likeness (QED) is 0.338. The van der Waals surface area contributed by atoms with Crippen LogP contribution in [0, 0.1) is 0 Å². The van der Waals surface area contributed by atoms with E-state index >= 15 is 0 Å². The number of rotatable bonds is 6. The lowest BCUT2D eigenvalue weighted by Gasteiger charge is -1.98. The maximum Gasteiger partial charge on any atom is 0.162 e. The molecule has 0 N–H and O–H groups in total. The average Bonchev–Trinajstić information content (AvgIpc) is 2.05. The Labute approximate surface area is 72.0 Å². The van der Waals surface area contributed by atoms with Gasteiger partial charge in [-0.25, -0.2) is 0 Å². The molecule has 0 fully saturated rings. The highest BCUT2D eigenvalue weighted by molar-refractivity contribution is 6.27. The van der Waals surface area contributed by atoms with Gasteiger partial charge in [0.25, 0.3) is 0 Å². The van der Waals surface area contributed by atoms with Crippen molar-refractivity contribution in [3.05, 3.63) is 0 Å². The van der Waals surface area contributed by atoms with Gasteiger partial charge in [-0.3, -0.25) is 4.99 Å². The van der Waals surface area contributed by atoms with Crippen molar-refractivity contribution >= 4 is 15.5 Å². The molecule has 0 saturated carbocycles. The molecule has 0 radical (unpaired) electrons. The normalized spacial score (nSPS) is 10.8. The highest BCUT2D eigenvalue weighted by atomic mass is 28.2. The number of aliphatic imine (C=N–C) groups is 1. The van der Waals surface area contributed by atoms with Gasteiger partial charge in [-0.1, -0.05) is 13.8 Å². The summed E-state index contributed by atoms with van der Waals surface area (Å²) in [6, 6.07) is 1.18. The number of hydrogen-bond donors (Lipinski definition) is 0. The molecule has 0 aliphatic heterocycles. The van der Waals surface area contributed by atoms with E-state index in [9.17, 15) is 0 Å². The summed E-state index contributed by atoms with van der Waals surface area (Å²) in [5.41, 5.74) is 1.34. The molecule has 2 nitrogen and oxygen atoms in total. The molecule has 0 aromatic heterocycles. The monoisotopic (exact) mass is 173 g/mol. The van der Waals surface area contributed by atoms with Crippen LogP contribution in [0.3, 0.4) is 0 Å². The second-order valence-electron chi connectivity index (χ2n) is 2.50. The van der Waals surface area contributed by atoms with Crippen molar-refractivity contribution in [1.82, 2.24) is 0 Å². The van der Waals surface area contributed by atoms with Gasteiger partial charge in [-0.15, -0.1) is 0 Å². The predicted octanol–water partition coefficient (Wildman–Crippen LogP) is 1.40. The minimum Gasteiger partial charge on any atom is -0.427 e. The van der Waals surface area contributed by atoms with E-state index in [1.54, 1.807) is 7.11 Å². The van der Waals surface area contributed by atoms with Crippen LogP contribution in [-0.2, 0) is 4.43 Å². The summed E-state index contributed by atoms with van der Waals surface area (Å²) in [6.07, 6.45) is 2.20. The van der Waals surface area contributed by atoms with E-state index in [1.807, 2.05) is 0 Å². The third kappa shape index (κ3) is 6.25. The van der Waals surface area contributed by atoms with Crippen molar-refractivity contribution in [3.63, 3.8) is 0 Å². The molecule has 0 aromatic carbocycles. The van der Waals surface area contributed by atoms with Gasteiger partial charge in [0.05, 0.1) is 0 Å². The van der Waals surface area contributed by atoms with Crippen molar-refractivity contribution in [2.45, 2.75) is 32.7 Å². The van der Waals surface area contributed by atoms with Crippen molar-refractivity contribution < 1.29 is 4.43 Å². The van der Waals surface area contributed by atoms with Crippen molar-refractivity contribution in [1.29, 1.82) is 0 Å². The summed E-state index contributed by atoms with van der Waals surface area (Å²) in [4.78, 5) is 4.47. The molecular weight excluding hydrogens is 154 g/mol. The molecule has 0 spiro atoms. The lowest BCUT2D eigenvalue weighted by atomic mass is 10.2. The molecule has 0 aliphatic carbocycles. The molecule has 0 saturated heterocycles. The van der Waals surface area contributed by atoms with E-state index in [0.29, 0.717) is 0 Å². The molecule has 0 rings (SSSR count). The average molecular weight is 173 g/mol. The van der Waals surface area contributed by atoms with Crippen LogP contribution in [-0.4, -0.2) is 29.1 Å². The Morgan fingerprint density at radius 3 is 2.45 bits per heavy atom. The number of hydrogen-bond acceptors (Lipinski definition) is 2. The summed E-state index contributed by atoms with van der Waals surface area (Å²) < 4.78 is 5.06. The van der Waals surface area contributed by atoms with Crippen LogP contribution in [0.25, 0.3) is 0 Å². The zero-order valence-corrected chi connectivity index (χ0v) is 9.31. The lowest BCUT2D eigenvalue weighted by molar-refractivity contribution is 0.441. The molecule has 0 amide bonds. The van der Waals surface area contributed by atoms with Crippen molar-refractivity contribution in [2.75, 3.05) is 13.7 Å². The van der Waals surface area contributed by atoms with Gasteiger partial charge in [-0.05, 0) is 18.9 Å². The van der Waals surface area contributed by atoms with Crippen LogP contribution in [0.1, 0.15) is 26.7 Å². The van der Waals surface area contributed by atoms with Gasteiger partial charge in [0.15, 0.2) is 9.76 Å². The first-order valence-electron chi connectivity index (χ1n) is 4.36. The van der Waals surface area contributed by atoms with Gasteiger partial charge in [0.1, 0.15) is 0 Å². The fraction of sp³-hybridized carbons (Fsp3) is 0.875. The molecule has 0 aliphatic rings. The third-order valence-corrected chi connectivity index (χ3v) is 2.67. The van der Waals surface area contributed by atoms with Crippen LogP contribution < -0.4 is 0 Å². The first kappa shape index (κ1) is 10.8. The molecule has 0 heterocycles. The highest BCUT2D eigenvalue weighted by Crippen LogP contribution is 1.93. The molecule has 0 bridgehead atoms. The van der Waals surface area contributed by atoms with Crippen molar-refractivity contribution in [2.24, 2.45) is 4.99 Å². The Kier molecular flexibility index (Phi) is 7.84. The van der Waals surface area contributed by atoms with Crippen LogP contribution in [0.15, 0.2) is 4.99 Å². The zero-order valence-electron chi connectivity index (χ0n) is 7.89. The molecule has 0 unspecified atom stereocenters. The molecular formula is C8H19NOSi. The summed E-state index contributed by atoms with van der Waals surface area (Å²) in [5.74, 6) is 0. The Balaban J connectivity index is 3.37. The summed E-state index contributed by atoms with van der Waals surface area (Å²) in [5, 5.41) is 0. The second kappa shape index (κ2) is 7.95. The molecule has 11 heavy (non-hydrogen) atoms. The third-order valence-electron chi connectivity index (χ3n) is 1.66. The van der Waals surface area contributed by atoms with Gasteiger partial charge < -0.3 is 4.43 Å². The highest BCUT2D eigenvalue weighted by Gasteiger charge is 1.90. The van der Waals surface area contributed by atoms with Crippen LogP contribution in [0.4, 0.5) is 0 Å². The van der Waals surface area contributed by atoms with E-state index in [-0.39, 0.29) is 9.76 Å². The first-order chi connectivity index (χ1) is 5.35. The maximum absolute atomic E-state index is 5.06. The lowest BCUT2D eigenvalue weighted by Crippen LogP contribution is -1.99. The minimum absolute atomic E-state index is 0.244. The Hall–Kier alpha value is -0.153. The van der Waals surface area contributed by atoms with Crippen molar-refractivity contribution in [3.8, 4) is 0 Å². The fourth-order valence-corrected chi connectivity index (χ4v) is 1.50. The Morgan fingerprint density at radius 2 is 2.00 bits per heavy atom. The molecule has 0 atom stereocenters. The maximum atomic E-state index is 5.06. The topological polar surface area (TPSA) is 21.6 Å². The van der Waals surface area contributed by atoms with Crippen LogP contribution >= 0.6 is 0 Å². The first-order valence-corrected chi connectivity index (χ1v) is 5.94.